The number of hydrogen-bond donors (Lipinski definition) is 1. The highest BCUT2D eigenvalue weighted by Gasteiger charge is 2.35. The monoisotopic (exact) mass is 292 g/mol. The summed E-state index contributed by atoms with van der Waals surface area (Å²) in [5.74, 6) is 0.756. The second-order valence-corrected chi connectivity index (χ2v) is 6.80. The Morgan fingerprint density at radius 1 is 1.14 bits per heavy atom. The molecule has 0 radical (unpaired) electrons. The van der Waals surface area contributed by atoms with Crippen molar-refractivity contribution in [1.82, 2.24) is 5.32 Å². The molecule has 0 saturated heterocycles. The standard InChI is InChI=1S/C18H32N2O/c1-3-4-5-6-7-8-9-10-17(21)20-18(15-19)13-11-16(2)12-14-18/h16H,3-14H2,1-2H3,(H,20,21). The topological polar surface area (TPSA) is 52.9 Å². The zero-order chi connectivity index (χ0) is 15.6. The zero-order valence-corrected chi connectivity index (χ0v) is 13.9. The Labute approximate surface area is 130 Å². The van der Waals surface area contributed by atoms with Gasteiger partial charge in [-0.25, -0.2) is 0 Å². The predicted molar refractivity (Wildman–Crippen MR) is 86.7 cm³/mol. The molecule has 0 aliphatic heterocycles. The van der Waals surface area contributed by atoms with Gasteiger partial charge in [-0.1, -0.05) is 52.4 Å². The summed E-state index contributed by atoms with van der Waals surface area (Å²) in [5.41, 5.74) is -0.579. The molecule has 0 aromatic carbocycles. The highest BCUT2D eigenvalue weighted by molar-refractivity contribution is 5.77. The molecule has 0 aromatic rings. The van der Waals surface area contributed by atoms with Crippen LogP contribution in [0.15, 0.2) is 0 Å². The van der Waals surface area contributed by atoms with Crippen LogP contribution in [0.25, 0.3) is 0 Å². The molecular weight excluding hydrogens is 260 g/mol. The van der Waals surface area contributed by atoms with Crippen molar-refractivity contribution in [3.05, 3.63) is 0 Å². The van der Waals surface area contributed by atoms with Gasteiger partial charge in [0.2, 0.25) is 5.91 Å². The van der Waals surface area contributed by atoms with Gasteiger partial charge in [-0.3, -0.25) is 4.79 Å². The van der Waals surface area contributed by atoms with Crippen LogP contribution in [-0.4, -0.2) is 11.4 Å². The SMILES string of the molecule is CCCCCCCCCC(=O)NC1(C#N)CCC(C)CC1. The Hall–Kier alpha value is -1.04. The van der Waals surface area contributed by atoms with Crippen molar-refractivity contribution in [3.63, 3.8) is 0 Å². The maximum Gasteiger partial charge on any atom is 0.221 e. The van der Waals surface area contributed by atoms with Gasteiger partial charge in [0.15, 0.2) is 0 Å². The van der Waals surface area contributed by atoms with Crippen molar-refractivity contribution in [2.75, 3.05) is 0 Å². The van der Waals surface area contributed by atoms with E-state index in [1.54, 1.807) is 0 Å². The lowest BCUT2D eigenvalue weighted by molar-refractivity contribution is -0.123. The van der Waals surface area contributed by atoms with Gasteiger partial charge in [0.05, 0.1) is 6.07 Å². The van der Waals surface area contributed by atoms with Crippen molar-refractivity contribution in [1.29, 1.82) is 5.26 Å². The van der Waals surface area contributed by atoms with E-state index in [0.29, 0.717) is 12.3 Å². The van der Waals surface area contributed by atoms with Crippen LogP contribution in [0.5, 0.6) is 0 Å². The molecule has 1 N–H and O–H groups in total. The Morgan fingerprint density at radius 3 is 2.29 bits per heavy atom. The third-order valence-electron chi connectivity index (χ3n) is 4.73. The molecule has 1 rings (SSSR count). The van der Waals surface area contributed by atoms with Crippen LogP contribution in [0.3, 0.4) is 0 Å². The Bertz CT molecular complexity index is 338. The van der Waals surface area contributed by atoms with E-state index in [0.717, 1.165) is 38.5 Å². The van der Waals surface area contributed by atoms with E-state index in [1.165, 1.54) is 32.1 Å². The first-order valence-electron chi connectivity index (χ1n) is 8.84. The molecule has 0 bridgehead atoms. The number of hydrogen-bond acceptors (Lipinski definition) is 2. The van der Waals surface area contributed by atoms with Crippen LogP contribution in [-0.2, 0) is 4.79 Å². The average Bonchev–Trinajstić information content (AvgIpc) is 2.49. The molecule has 1 saturated carbocycles. The summed E-state index contributed by atoms with van der Waals surface area (Å²) in [6, 6.07) is 2.36. The van der Waals surface area contributed by atoms with Crippen molar-refractivity contribution in [3.8, 4) is 6.07 Å². The van der Waals surface area contributed by atoms with E-state index in [1.807, 2.05) is 0 Å². The Balaban J connectivity index is 2.16. The van der Waals surface area contributed by atoms with E-state index in [9.17, 15) is 10.1 Å². The second-order valence-electron chi connectivity index (χ2n) is 6.80. The van der Waals surface area contributed by atoms with Gasteiger partial charge in [-0.05, 0) is 38.0 Å². The summed E-state index contributed by atoms with van der Waals surface area (Å²) < 4.78 is 0. The first-order chi connectivity index (χ1) is 10.1. The van der Waals surface area contributed by atoms with Crippen molar-refractivity contribution in [2.45, 2.75) is 96.4 Å². The highest BCUT2D eigenvalue weighted by Crippen LogP contribution is 2.31. The van der Waals surface area contributed by atoms with Gasteiger partial charge < -0.3 is 5.32 Å². The van der Waals surface area contributed by atoms with Crippen molar-refractivity contribution < 1.29 is 4.79 Å². The molecule has 0 spiro atoms. The molecular formula is C18H32N2O. The quantitative estimate of drug-likeness (QED) is 0.625. The number of unbranched alkanes of at least 4 members (excludes halogenated alkanes) is 6. The zero-order valence-electron chi connectivity index (χ0n) is 13.9. The van der Waals surface area contributed by atoms with Crippen LogP contribution < -0.4 is 5.32 Å². The summed E-state index contributed by atoms with van der Waals surface area (Å²) in [4.78, 5) is 12.0. The fourth-order valence-corrected chi connectivity index (χ4v) is 3.09. The molecule has 0 unspecified atom stereocenters. The smallest absolute Gasteiger partial charge is 0.221 e. The fraction of sp³-hybridized carbons (Fsp3) is 0.889. The summed E-state index contributed by atoms with van der Waals surface area (Å²) in [6.45, 7) is 4.45. The van der Waals surface area contributed by atoms with Gasteiger partial charge in [-0.15, -0.1) is 0 Å². The number of nitriles is 1. The minimum Gasteiger partial charge on any atom is -0.338 e. The first-order valence-corrected chi connectivity index (χ1v) is 8.84. The Morgan fingerprint density at radius 2 is 1.71 bits per heavy atom. The third-order valence-corrected chi connectivity index (χ3v) is 4.73. The molecule has 0 heterocycles. The summed E-state index contributed by atoms with van der Waals surface area (Å²) in [7, 11) is 0. The fourth-order valence-electron chi connectivity index (χ4n) is 3.09. The molecule has 0 atom stereocenters. The minimum atomic E-state index is -0.579. The van der Waals surface area contributed by atoms with E-state index >= 15 is 0 Å². The van der Waals surface area contributed by atoms with E-state index in [-0.39, 0.29) is 5.91 Å². The van der Waals surface area contributed by atoms with E-state index in [4.69, 9.17) is 0 Å². The summed E-state index contributed by atoms with van der Waals surface area (Å²) in [5, 5.41) is 12.4. The third kappa shape index (κ3) is 6.98. The lowest BCUT2D eigenvalue weighted by Gasteiger charge is -2.34. The number of rotatable bonds is 9. The lowest BCUT2D eigenvalue weighted by atomic mass is 9.78. The molecule has 1 aliphatic rings. The highest BCUT2D eigenvalue weighted by atomic mass is 16.1. The number of amides is 1. The molecule has 3 heteroatoms. The number of nitrogens with one attached hydrogen (secondary N) is 1. The maximum absolute atomic E-state index is 12.0. The van der Waals surface area contributed by atoms with Gasteiger partial charge in [0.25, 0.3) is 0 Å². The van der Waals surface area contributed by atoms with Crippen LogP contribution in [0, 0.1) is 17.2 Å². The van der Waals surface area contributed by atoms with Gasteiger partial charge in [-0.2, -0.15) is 5.26 Å². The molecule has 1 amide bonds. The summed E-state index contributed by atoms with van der Waals surface area (Å²) in [6.07, 6.45) is 12.8. The minimum absolute atomic E-state index is 0.0691. The van der Waals surface area contributed by atoms with Crippen LogP contribution in [0.2, 0.25) is 0 Å². The summed E-state index contributed by atoms with van der Waals surface area (Å²) >= 11 is 0. The molecule has 0 aromatic heterocycles. The number of carbonyl (C=O) groups excluding carboxylic acids is 1. The van der Waals surface area contributed by atoms with Crippen LogP contribution in [0.4, 0.5) is 0 Å². The Kier molecular flexibility index (Phi) is 8.42. The number of carbonyl (C=O) groups is 1. The van der Waals surface area contributed by atoms with E-state index < -0.39 is 5.54 Å². The van der Waals surface area contributed by atoms with Gasteiger partial charge in [0.1, 0.15) is 5.54 Å². The normalized spacial score (nSPS) is 25.3. The molecule has 1 aliphatic carbocycles. The molecule has 3 nitrogen and oxygen atoms in total. The molecule has 1 fully saturated rings. The predicted octanol–water partition coefficient (Wildman–Crippen LogP) is 4.72. The van der Waals surface area contributed by atoms with Gasteiger partial charge in [0, 0.05) is 6.42 Å². The van der Waals surface area contributed by atoms with Crippen LogP contribution >= 0.6 is 0 Å². The number of nitrogens with zero attached hydrogens (tertiary/aromatic N) is 1. The van der Waals surface area contributed by atoms with Crippen molar-refractivity contribution >= 4 is 5.91 Å². The van der Waals surface area contributed by atoms with Gasteiger partial charge >= 0.3 is 0 Å². The average molecular weight is 292 g/mol. The molecule has 120 valence electrons. The van der Waals surface area contributed by atoms with E-state index in [2.05, 4.69) is 25.2 Å². The largest absolute Gasteiger partial charge is 0.338 e. The van der Waals surface area contributed by atoms with Crippen LogP contribution in [0.1, 0.15) is 90.9 Å². The lowest BCUT2D eigenvalue weighted by Crippen LogP contribution is -2.49. The second kappa shape index (κ2) is 9.82. The molecule has 21 heavy (non-hydrogen) atoms. The maximum atomic E-state index is 12.0. The van der Waals surface area contributed by atoms with Crippen molar-refractivity contribution in [2.24, 2.45) is 5.92 Å². The first kappa shape index (κ1) is 18.0.